The number of thioether (sulfide) groups is 1. The number of aromatic nitrogens is 3. The highest BCUT2D eigenvalue weighted by molar-refractivity contribution is 7.99. The number of furan rings is 1. The van der Waals surface area contributed by atoms with Gasteiger partial charge in [0.05, 0.1) is 25.0 Å². The normalized spacial score (nSPS) is 11.5. The summed E-state index contributed by atoms with van der Waals surface area (Å²) in [6.45, 7) is 6.57. The van der Waals surface area contributed by atoms with Crippen LogP contribution >= 0.6 is 11.8 Å². The number of rotatable bonds is 10. The monoisotopic (exact) mass is 464 g/mol. The molecule has 2 heterocycles. The van der Waals surface area contributed by atoms with Crippen molar-refractivity contribution < 1.29 is 28.3 Å². The molecular formula is C19H24N6O6S. The summed E-state index contributed by atoms with van der Waals surface area (Å²) >= 11 is 1.08. The molecule has 0 spiro atoms. The SMILES string of the molecule is CCOC(=O)c1c(C)oc(NC(=O)C(CC)n2c(N)nnc2SCC#N)c1C(=O)OCC. The van der Waals surface area contributed by atoms with Gasteiger partial charge in [-0.25, -0.2) is 9.59 Å². The van der Waals surface area contributed by atoms with E-state index in [2.05, 4.69) is 15.5 Å². The summed E-state index contributed by atoms with van der Waals surface area (Å²) in [5.41, 5.74) is 5.54. The number of hydrogen-bond donors (Lipinski definition) is 2. The molecule has 3 N–H and O–H groups in total. The number of anilines is 2. The van der Waals surface area contributed by atoms with Gasteiger partial charge in [-0.3, -0.25) is 14.7 Å². The van der Waals surface area contributed by atoms with Crippen LogP contribution in [0.3, 0.4) is 0 Å². The molecule has 2 rings (SSSR count). The maximum absolute atomic E-state index is 13.1. The highest BCUT2D eigenvalue weighted by atomic mass is 32.2. The number of carbonyl (C=O) groups excluding carboxylic acids is 3. The molecule has 12 nitrogen and oxygen atoms in total. The fourth-order valence-electron chi connectivity index (χ4n) is 2.94. The Morgan fingerprint density at radius 1 is 1.19 bits per heavy atom. The average molecular weight is 465 g/mol. The lowest BCUT2D eigenvalue weighted by Crippen LogP contribution is -2.28. The third-order valence-corrected chi connectivity index (χ3v) is 5.05. The number of aryl methyl sites for hydroxylation is 1. The van der Waals surface area contributed by atoms with Crippen LogP contribution in [-0.4, -0.2) is 51.6 Å². The van der Waals surface area contributed by atoms with Gasteiger partial charge >= 0.3 is 11.9 Å². The van der Waals surface area contributed by atoms with Crippen molar-refractivity contribution in [1.82, 2.24) is 14.8 Å². The standard InChI is InChI=1S/C19H24N6O6S/c1-5-11(25-18(21)23-24-19(25)32-9-8-20)14(26)22-15-13(17(28)30-7-3)12(10(4)31-15)16(27)29-6-2/h11H,5-7,9H2,1-4H3,(H2,21,23)(H,22,26). The first kappa shape index (κ1) is 24.7. The number of nitrogen functional groups attached to an aromatic ring is 1. The topological polar surface area (TPSA) is 175 Å². The molecule has 1 unspecified atom stereocenters. The smallest absolute Gasteiger partial charge is 0.344 e. The molecular weight excluding hydrogens is 440 g/mol. The Balaban J connectivity index is 2.45. The first-order chi connectivity index (χ1) is 15.3. The van der Waals surface area contributed by atoms with E-state index >= 15 is 0 Å². The molecule has 1 atom stereocenters. The first-order valence-electron chi connectivity index (χ1n) is 9.79. The van der Waals surface area contributed by atoms with E-state index in [9.17, 15) is 14.4 Å². The van der Waals surface area contributed by atoms with Crippen molar-refractivity contribution >= 4 is 41.4 Å². The Morgan fingerprint density at radius 2 is 1.81 bits per heavy atom. The molecule has 2 aromatic heterocycles. The fourth-order valence-corrected chi connectivity index (χ4v) is 3.59. The minimum Gasteiger partial charge on any atom is -0.462 e. The summed E-state index contributed by atoms with van der Waals surface area (Å²) in [5, 5.41) is 19.3. The number of nitrogens with one attached hydrogen (secondary N) is 1. The largest absolute Gasteiger partial charge is 0.462 e. The quantitative estimate of drug-likeness (QED) is 0.390. The van der Waals surface area contributed by atoms with Crippen molar-refractivity contribution in [3.63, 3.8) is 0 Å². The van der Waals surface area contributed by atoms with Gasteiger partial charge < -0.3 is 19.6 Å². The van der Waals surface area contributed by atoms with Gasteiger partial charge in [0.25, 0.3) is 0 Å². The zero-order chi connectivity index (χ0) is 23.8. The molecule has 0 fully saturated rings. The third-order valence-electron chi connectivity index (χ3n) is 4.24. The van der Waals surface area contributed by atoms with E-state index in [4.69, 9.17) is 24.9 Å². The molecule has 0 radical (unpaired) electrons. The van der Waals surface area contributed by atoms with E-state index in [1.54, 1.807) is 20.8 Å². The van der Waals surface area contributed by atoms with E-state index in [0.717, 1.165) is 11.8 Å². The second-order valence-electron chi connectivity index (χ2n) is 6.25. The number of carbonyl (C=O) groups is 3. The maximum Gasteiger partial charge on any atom is 0.344 e. The molecule has 0 aliphatic heterocycles. The van der Waals surface area contributed by atoms with E-state index in [1.807, 2.05) is 6.07 Å². The first-order valence-corrected chi connectivity index (χ1v) is 10.8. The second-order valence-corrected chi connectivity index (χ2v) is 7.19. The lowest BCUT2D eigenvalue weighted by molar-refractivity contribution is -0.119. The lowest BCUT2D eigenvalue weighted by atomic mass is 10.1. The summed E-state index contributed by atoms with van der Waals surface area (Å²) in [4.78, 5) is 38.1. The number of hydrogen-bond acceptors (Lipinski definition) is 11. The van der Waals surface area contributed by atoms with Crippen LogP contribution in [0, 0.1) is 18.3 Å². The average Bonchev–Trinajstić information content (AvgIpc) is 3.27. The Morgan fingerprint density at radius 3 is 2.38 bits per heavy atom. The predicted octanol–water partition coefficient (Wildman–Crippen LogP) is 2.32. The van der Waals surface area contributed by atoms with Gasteiger partial charge in [0.15, 0.2) is 5.16 Å². The van der Waals surface area contributed by atoms with Crippen LogP contribution < -0.4 is 11.1 Å². The van der Waals surface area contributed by atoms with Gasteiger partial charge in [-0.15, -0.1) is 10.2 Å². The van der Waals surface area contributed by atoms with E-state index < -0.39 is 23.9 Å². The van der Waals surface area contributed by atoms with Crippen molar-refractivity contribution in [2.45, 2.75) is 45.3 Å². The maximum atomic E-state index is 13.1. The predicted molar refractivity (Wildman–Crippen MR) is 114 cm³/mol. The van der Waals surface area contributed by atoms with Gasteiger partial charge in [0.2, 0.25) is 17.7 Å². The highest BCUT2D eigenvalue weighted by Gasteiger charge is 2.33. The van der Waals surface area contributed by atoms with Crippen molar-refractivity contribution in [2.24, 2.45) is 0 Å². The second kappa shape index (κ2) is 11.2. The molecule has 0 aromatic carbocycles. The van der Waals surface area contributed by atoms with Crippen LogP contribution in [0.1, 0.15) is 59.7 Å². The molecule has 0 aliphatic rings. The molecule has 0 saturated carbocycles. The Hall–Kier alpha value is -3.53. The van der Waals surface area contributed by atoms with Gasteiger partial charge in [-0.1, -0.05) is 18.7 Å². The lowest BCUT2D eigenvalue weighted by Gasteiger charge is -2.18. The van der Waals surface area contributed by atoms with Gasteiger partial charge in [0.1, 0.15) is 22.9 Å². The number of nitrogens with zero attached hydrogens (tertiary/aromatic N) is 4. The van der Waals surface area contributed by atoms with Crippen molar-refractivity contribution in [1.29, 1.82) is 5.26 Å². The number of nitriles is 1. The van der Waals surface area contributed by atoms with E-state index in [0.29, 0.717) is 5.16 Å². The molecule has 13 heteroatoms. The van der Waals surface area contributed by atoms with Crippen LogP contribution in [0.15, 0.2) is 9.57 Å². The van der Waals surface area contributed by atoms with Crippen LogP contribution in [-0.2, 0) is 14.3 Å². The number of ether oxygens (including phenoxy) is 2. The van der Waals surface area contributed by atoms with Crippen molar-refractivity contribution in [2.75, 3.05) is 30.0 Å². The molecule has 1 amide bonds. The molecule has 2 aromatic rings. The summed E-state index contributed by atoms with van der Waals surface area (Å²) in [5.74, 6) is -2.29. The van der Waals surface area contributed by atoms with Crippen LogP contribution in [0.25, 0.3) is 0 Å². The minimum absolute atomic E-state index is 0.0131. The van der Waals surface area contributed by atoms with Crippen molar-refractivity contribution in [3.05, 3.63) is 16.9 Å². The summed E-state index contributed by atoms with van der Waals surface area (Å²) in [6, 6.07) is 1.09. The van der Waals surface area contributed by atoms with Crippen LogP contribution in [0.5, 0.6) is 0 Å². The Kier molecular flexibility index (Phi) is 8.65. The number of amides is 1. The Bertz CT molecular complexity index is 1040. The summed E-state index contributed by atoms with van der Waals surface area (Å²) < 4.78 is 17.0. The van der Waals surface area contributed by atoms with Crippen LogP contribution in [0.2, 0.25) is 0 Å². The van der Waals surface area contributed by atoms with Gasteiger partial charge in [-0.2, -0.15) is 5.26 Å². The van der Waals surface area contributed by atoms with Gasteiger partial charge in [0, 0.05) is 0 Å². The summed E-state index contributed by atoms with van der Waals surface area (Å²) in [6.07, 6.45) is 0.285. The van der Waals surface area contributed by atoms with E-state index in [1.165, 1.54) is 11.5 Å². The van der Waals surface area contributed by atoms with Crippen molar-refractivity contribution in [3.8, 4) is 6.07 Å². The molecule has 172 valence electrons. The molecule has 32 heavy (non-hydrogen) atoms. The molecule has 0 saturated heterocycles. The minimum atomic E-state index is -0.877. The third kappa shape index (κ3) is 5.20. The number of esters is 2. The van der Waals surface area contributed by atoms with E-state index in [-0.39, 0.29) is 54.1 Å². The summed E-state index contributed by atoms with van der Waals surface area (Å²) in [7, 11) is 0. The Labute approximate surface area is 188 Å². The van der Waals surface area contributed by atoms with Gasteiger partial charge in [-0.05, 0) is 27.2 Å². The zero-order valence-corrected chi connectivity index (χ0v) is 18.9. The molecule has 0 aliphatic carbocycles. The zero-order valence-electron chi connectivity index (χ0n) is 18.1. The molecule has 0 bridgehead atoms. The number of nitrogens with two attached hydrogens (primary N) is 1. The van der Waals surface area contributed by atoms with Crippen LogP contribution in [0.4, 0.5) is 11.8 Å². The highest BCUT2D eigenvalue weighted by Crippen LogP contribution is 2.31. The fraction of sp³-hybridized carbons (Fsp3) is 0.474.